The van der Waals surface area contributed by atoms with Crippen molar-refractivity contribution in [1.82, 2.24) is 0 Å². The SMILES string of the molecule is C1=CCC/C=C/C/C=C/C=C\C=C\C1. The third-order valence-electron chi connectivity index (χ3n) is 1.98. The topological polar surface area (TPSA) is 0 Å². The van der Waals surface area contributed by atoms with E-state index in [1.807, 2.05) is 0 Å². The highest BCUT2D eigenvalue weighted by Crippen LogP contribution is 1.98. The van der Waals surface area contributed by atoms with Gasteiger partial charge in [0.25, 0.3) is 0 Å². The molecule has 0 aromatic carbocycles. The quantitative estimate of drug-likeness (QED) is 0.494. The lowest BCUT2D eigenvalue weighted by Crippen LogP contribution is -1.67. The van der Waals surface area contributed by atoms with Crippen molar-refractivity contribution >= 4 is 0 Å². The van der Waals surface area contributed by atoms with Crippen LogP contribution in [0.25, 0.3) is 0 Å². The normalized spacial score (nSPS) is 27.4. The van der Waals surface area contributed by atoms with E-state index >= 15 is 0 Å². The maximum atomic E-state index is 2.25. The third-order valence-corrected chi connectivity index (χ3v) is 1.98. The van der Waals surface area contributed by atoms with Crippen LogP contribution in [0.3, 0.4) is 0 Å². The third kappa shape index (κ3) is 6.24. The lowest BCUT2D eigenvalue weighted by molar-refractivity contribution is 1.04. The minimum absolute atomic E-state index is 1.04. The fraction of sp³-hybridized carbons (Fsp3) is 0.286. The first-order chi connectivity index (χ1) is 7.00. The molecule has 0 amide bonds. The second-order valence-corrected chi connectivity index (χ2v) is 3.23. The molecule has 0 heterocycles. The average Bonchev–Trinajstić information content (AvgIpc) is 2.22. The fourth-order valence-electron chi connectivity index (χ4n) is 1.22. The summed E-state index contributed by atoms with van der Waals surface area (Å²) in [5.74, 6) is 0. The Hall–Kier alpha value is -1.30. The predicted molar refractivity (Wildman–Crippen MR) is 64.2 cm³/mol. The molecule has 14 heavy (non-hydrogen) atoms. The van der Waals surface area contributed by atoms with Crippen LogP contribution < -0.4 is 0 Å². The number of rotatable bonds is 0. The molecular formula is C14H18. The van der Waals surface area contributed by atoms with Crippen molar-refractivity contribution in [2.45, 2.75) is 25.7 Å². The zero-order valence-corrected chi connectivity index (χ0v) is 8.60. The molecule has 1 aliphatic carbocycles. The van der Waals surface area contributed by atoms with E-state index in [0.29, 0.717) is 0 Å². The van der Waals surface area contributed by atoms with Crippen molar-refractivity contribution in [3.63, 3.8) is 0 Å². The summed E-state index contributed by atoms with van der Waals surface area (Å²) in [5.41, 5.74) is 0. The molecule has 1 aliphatic rings. The van der Waals surface area contributed by atoms with Gasteiger partial charge in [0.15, 0.2) is 0 Å². The highest BCUT2D eigenvalue weighted by molar-refractivity contribution is 5.13. The molecule has 0 saturated heterocycles. The minimum Gasteiger partial charge on any atom is -0.0879 e. The van der Waals surface area contributed by atoms with Gasteiger partial charge in [-0.05, 0) is 25.7 Å². The van der Waals surface area contributed by atoms with Gasteiger partial charge in [0.2, 0.25) is 0 Å². The molecule has 0 saturated carbocycles. The maximum Gasteiger partial charge on any atom is -0.0166 e. The second kappa shape index (κ2) is 8.31. The van der Waals surface area contributed by atoms with Crippen LogP contribution in [-0.4, -0.2) is 0 Å². The molecule has 74 valence electrons. The van der Waals surface area contributed by atoms with Gasteiger partial charge in [-0.3, -0.25) is 0 Å². The van der Waals surface area contributed by atoms with E-state index in [9.17, 15) is 0 Å². The lowest BCUT2D eigenvalue weighted by atomic mass is 10.2. The molecule has 0 fully saturated rings. The molecule has 0 unspecified atom stereocenters. The van der Waals surface area contributed by atoms with Crippen LogP contribution in [0.4, 0.5) is 0 Å². The Balaban J connectivity index is 2.45. The van der Waals surface area contributed by atoms with Crippen molar-refractivity contribution in [3.8, 4) is 0 Å². The number of allylic oxidation sites excluding steroid dienone is 10. The Morgan fingerprint density at radius 3 is 1.43 bits per heavy atom. The van der Waals surface area contributed by atoms with Gasteiger partial charge in [-0.15, -0.1) is 0 Å². The van der Waals surface area contributed by atoms with E-state index in [0.717, 1.165) is 25.7 Å². The van der Waals surface area contributed by atoms with Crippen LogP contribution in [0, 0.1) is 0 Å². The van der Waals surface area contributed by atoms with Gasteiger partial charge in [-0.2, -0.15) is 0 Å². The first kappa shape index (κ1) is 10.8. The molecule has 0 atom stereocenters. The smallest absolute Gasteiger partial charge is 0.0166 e. The van der Waals surface area contributed by atoms with Gasteiger partial charge in [-0.25, -0.2) is 0 Å². The highest BCUT2D eigenvalue weighted by atomic mass is 13.8. The summed E-state index contributed by atoms with van der Waals surface area (Å²) in [6.45, 7) is 0. The Morgan fingerprint density at radius 2 is 0.929 bits per heavy atom. The van der Waals surface area contributed by atoms with Gasteiger partial charge in [0, 0.05) is 0 Å². The summed E-state index contributed by atoms with van der Waals surface area (Å²) in [7, 11) is 0. The second-order valence-electron chi connectivity index (χ2n) is 3.23. The van der Waals surface area contributed by atoms with Crippen LogP contribution in [0.5, 0.6) is 0 Å². The molecule has 0 radical (unpaired) electrons. The Bertz CT molecular complexity index is 234. The van der Waals surface area contributed by atoms with E-state index in [2.05, 4.69) is 60.8 Å². The van der Waals surface area contributed by atoms with Gasteiger partial charge in [-0.1, -0.05) is 60.8 Å². The molecule has 0 aromatic heterocycles. The van der Waals surface area contributed by atoms with E-state index in [1.165, 1.54) is 0 Å². The molecular weight excluding hydrogens is 168 g/mol. The summed E-state index contributed by atoms with van der Waals surface area (Å²) < 4.78 is 0. The summed E-state index contributed by atoms with van der Waals surface area (Å²) >= 11 is 0. The van der Waals surface area contributed by atoms with Crippen LogP contribution in [-0.2, 0) is 0 Å². The molecule has 0 bridgehead atoms. The predicted octanol–water partition coefficient (Wildman–Crippen LogP) is 4.34. The van der Waals surface area contributed by atoms with E-state index in [4.69, 9.17) is 0 Å². The van der Waals surface area contributed by atoms with Crippen molar-refractivity contribution in [1.29, 1.82) is 0 Å². The van der Waals surface area contributed by atoms with E-state index in [-0.39, 0.29) is 0 Å². The highest BCUT2D eigenvalue weighted by Gasteiger charge is 1.77. The standard InChI is InChI=1S/C14H18/c1-2-4-6-8-10-12-14-13-11-9-7-5-3-1/h1-6,9-12H,7-8,13-14H2/b2-1-,5-3+,6-4+,11-9+,12-10?. The van der Waals surface area contributed by atoms with E-state index < -0.39 is 0 Å². The molecule has 1 rings (SSSR count). The largest absolute Gasteiger partial charge is 0.0879 e. The molecule has 0 heteroatoms. The summed E-state index contributed by atoms with van der Waals surface area (Å²) in [6.07, 6.45) is 26.0. The van der Waals surface area contributed by atoms with Crippen molar-refractivity contribution in [3.05, 3.63) is 60.8 Å². The Kier molecular flexibility index (Phi) is 6.39. The Morgan fingerprint density at radius 1 is 0.429 bits per heavy atom. The van der Waals surface area contributed by atoms with Gasteiger partial charge < -0.3 is 0 Å². The van der Waals surface area contributed by atoms with Crippen molar-refractivity contribution in [2.24, 2.45) is 0 Å². The molecule has 0 spiro atoms. The minimum atomic E-state index is 1.04. The number of hydrogen-bond donors (Lipinski definition) is 0. The summed E-state index contributed by atoms with van der Waals surface area (Å²) in [6, 6.07) is 0. The van der Waals surface area contributed by atoms with Gasteiger partial charge >= 0.3 is 0 Å². The summed E-state index contributed by atoms with van der Waals surface area (Å²) in [5, 5.41) is 0. The number of hydrogen-bond acceptors (Lipinski definition) is 0. The molecule has 0 N–H and O–H groups in total. The average molecular weight is 186 g/mol. The van der Waals surface area contributed by atoms with Gasteiger partial charge in [0.1, 0.15) is 0 Å². The summed E-state index contributed by atoms with van der Waals surface area (Å²) in [4.78, 5) is 0. The van der Waals surface area contributed by atoms with Crippen molar-refractivity contribution in [2.75, 3.05) is 0 Å². The monoisotopic (exact) mass is 186 g/mol. The fourth-order valence-corrected chi connectivity index (χ4v) is 1.22. The first-order valence-corrected chi connectivity index (χ1v) is 5.28. The van der Waals surface area contributed by atoms with Crippen LogP contribution in [0.15, 0.2) is 60.8 Å². The zero-order chi connectivity index (χ0) is 9.90. The Labute approximate surface area is 87.0 Å². The van der Waals surface area contributed by atoms with E-state index in [1.54, 1.807) is 0 Å². The maximum absolute atomic E-state index is 2.25. The molecule has 0 nitrogen and oxygen atoms in total. The first-order valence-electron chi connectivity index (χ1n) is 5.28. The van der Waals surface area contributed by atoms with Crippen molar-refractivity contribution < 1.29 is 0 Å². The zero-order valence-electron chi connectivity index (χ0n) is 8.60. The molecule has 0 aliphatic heterocycles. The van der Waals surface area contributed by atoms with Crippen LogP contribution in [0.2, 0.25) is 0 Å². The molecule has 0 aromatic rings. The lowest BCUT2D eigenvalue weighted by Gasteiger charge is -1.87. The van der Waals surface area contributed by atoms with Gasteiger partial charge in [0.05, 0.1) is 0 Å². The van der Waals surface area contributed by atoms with Crippen LogP contribution >= 0.6 is 0 Å². The van der Waals surface area contributed by atoms with Crippen LogP contribution in [0.1, 0.15) is 25.7 Å².